The van der Waals surface area contributed by atoms with Crippen molar-refractivity contribution >= 4 is 17.9 Å². The highest BCUT2D eigenvalue weighted by molar-refractivity contribution is 5.87. The second kappa shape index (κ2) is 12.9. The zero-order valence-corrected chi connectivity index (χ0v) is 15.8. The van der Waals surface area contributed by atoms with E-state index in [4.69, 9.17) is 18.9 Å². The number of carbonyl (C=O) groups is 3. The predicted octanol–water partition coefficient (Wildman–Crippen LogP) is 2.51. The lowest BCUT2D eigenvalue weighted by molar-refractivity contribution is -0.141. The average molecular weight is 368 g/mol. The van der Waals surface area contributed by atoms with Gasteiger partial charge in [-0.1, -0.05) is 19.7 Å². The van der Waals surface area contributed by atoms with Crippen molar-refractivity contribution in [2.24, 2.45) is 0 Å². The van der Waals surface area contributed by atoms with Gasteiger partial charge in [-0.25, -0.2) is 14.4 Å². The van der Waals surface area contributed by atoms with Crippen LogP contribution >= 0.6 is 0 Å². The summed E-state index contributed by atoms with van der Waals surface area (Å²) in [6.45, 7) is 16.9. The van der Waals surface area contributed by atoms with E-state index >= 15 is 0 Å². The van der Waals surface area contributed by atoms with E-state index in [1.807, 2.05) is 0 Å². The second-order valence-electron chi connectivity index (χ2n) is 5.87. The summed E-state index contributed by atoms with van der Waals surface area (Å²) >= 11 is 0. The molecular formula is C19H28O7. The number of epoxide rings is 1. The topological polar surface area (TPSA) is 91.4 Å². The van der Waals surface area contributed by atoms with Crippen molar-refractivity contribution in [1.29, 1.82) is 0 Å². The Hall–Kier alpha value is -2.41. The van der Waals surface area contributed by atoms with Crippen LogP contribution in [0.5, 0.6) is 0 Å². The average Bonchev–Trinajstić information content (AvgIpc) is 3.39. The van der Waals surface area contributed by atoms with Crippen molar-refractivity contribution in [3.63, 3.8) is 0 Å². The maximum atomic E-state index is 11.0. The number of carbonyl (C=O) groups excluding carboxylic acids is 3. The van der Waals surface area contributed by atoms with Gasteiger partial charge in [0, 0.05) is 16.7 Å². The standard InChI is InChI=1S/C12H18O4.C7H10O3/c1-9(2)11(13)15-7-5-6-8-16-12(14)10(3)4;1-5(2)7(8)10-4-6-3-9-6/h1,3,5-8H2,2,4H3;6H,1,3-4H2,2H3. The zero-order chi connectivity index (χ0) is 20.1. The molecule has 0 aromatic carbocycles. The molecule has 1 aliphatic heterocycles. The van der Waals surface area contributed by atoms with E-state index in [0.29, 0.717) is 56.0 Å². The largest absolute Gasteiger partial charge is 0.462 e. The van der Waals surface area contributed by atoms with E-state index in [1.165, 1.54) is 0 Å². The van der Waals surface area contributed by atoms with Crippen molar-refractivity contribution in [3.8, 4) is 0 Å². The van der Waals surface area contributed by atoms with Gasteiger partial charge in [0.2, 0.25) is 0 Å². The molecule has 0 N–H and O–H groups in total. The third-order valence-corrected chi connectivity index (χ3v) is 2.85. The lowest BCUT2D eigenvalue weighted by Crippen LogP contribution is -2.09. The van der Waals surface area contributed by atoms with Gasteiger partial charge in [-0.15, -0.1) is 0 Å². The van der Waals surface area contributed by atoms with Crippen LogP contribution in [0.15, 0.2) is 36.5 Å². The summed E-state index contributed by atoms with van der Waals surface area (Å²) in [7, 11) is 0. The second-order valence-corrected chi connectivity index (χ2v) is 5.87. The van der Waals surface area contributed by atoms with Crippen molar-refractivity contribution in [1.82, 2.24) is 0 Å². The molecule has 7 heteroatoms. The van der Waals surface area contributed by atoms with Gasteiger partial charge in [0.05, 0.1) is 19.8 Å². The molecule has 0 spiro atoms. The first-order valence-corrected chi connectivity index (χ1v) is 8.24. The third kappa shape index (κ3) is 12.9. The van der Waals surface area contributed by atoms with E-state index in [1.54, 1.807) is 20.8 Å². The fraction of sp³-hybridized carbons (Fsp3) is 0.526. The lowest BCUT2D eigenvalue weighted by atomic mass is 10.3. The Morgan fingerprint density at radius 1 is 0.808 bits per heavy atom. The number of hydrogen-bond donors (Lipinski definition) is 0. The molecule has 146 valence electrons. The molecule has 1 aliphatic rings. The highest BCUT2D eigenvalue weighted by Gasteiger charge is 2.24. The number of esters is 3. The fourth-order valence-electron chi connectivity index (χ4n) is 1.24. The summed E-state index contributed by atoms with van der Waals surface area (Å²) in [5.74, 6) is -1.12. The van der Waals surface area contributed by atoms with Crippen molar-refractivity contribution < 1.29 is 33.3 Å². The van der Waals surface area contributed by atoms with Crippen molar-refractivity contribution in [3.05, 3.63) is 36.5 Å². The van der Waals surface area contributed by atoms with Gasteiger partial charge < -0.3 is 18.9 Å². The maximum Gasteiger partial charge on any atom is 0.333 e. The lowest BCUT2D eigenvalue weighted by Gasteiger charge is -2.05. The number of ether oxygens (including phenoxy) is 4. The minimum absolute atomic E-state index is 0.142. The maximum absolute atomic E-state index is 11.0. The van der Waals surface area contributed by atoms with E-state index in [2.05, 4.69) is 19.7 Å². The van der Waals surface area contributed by atoms with Crippen LogP contribution < -0.4 is 0 Å². The van der Waals surface area contributed by atoms with Crippen LogP contribution in [0.3, 0.4) is 0 Å². The molecule has 7 nitrogen and oxygen atoms in total. The number of unbranched alkanes of at least 4 members (excludes halogenated alkanes) is 1. The van der Waals surface area contributed by atoms with Gasteiger partial charge in [-0.3, -0.25) is 0 Å². The molecular weight excluding hydrogens is 340 g/mol. The molecule has 1 unspecified atom stereocenters. The Morgan fingerprint density at radius 2 is 1.15 bits per heavy atom. The zero-order valence-electron chi connectivity index (χ0n) is 15.8. The minimum Gasteiger partial charge on any atom is -0.462 e. The number of hydrogen-bond acceptors (Lipinski definition) is 7. The van der Waals surface area contributed by atoms with Gasteiger partial charge in [0.15, 0.2) is 0 Å². The van der Waals surface area contributed by atoms with Crippen LogP contribution in [-0.4, -0.2) is 50.4 Å². The molecule has 0 aromatic rings. The molecule has 0 bridgehead atoms. The Kier molecular flexibility index (Phi) is 11.7. The summed E-state index contributed by atoms with van der Waals surface area (Å²) in [5.41, 5.74) is 1.20. The molecule has 0 amide bonds. The summed E-state index contributed by atoms with van der Waals surface area (Å²) in [5, 5.41) is 0. The Labute approximate surface area is 154 Å². The van der Waals surface area contributed by atoms with Gasteiger partial charge in [0.1, 0.15) is 12.7 Å². The molecule has 1 rings (SSSR count). The molecule has 1 atom stereocenters. The minimum atomic E-state index is -0.390. The molecule has 1 fully saturated rings. The van der Waals surface area contributed by atoms with Crippen LogP contribution in [0, 0.1) is 0 Å². The Morgan fingerprint density at radius 3 is 1.46 bits per heavy atom. The Bertz CT molecular complexity index is 514. The smallest absolute Gasteiger partial charge is 0.333 e. The van der Waals surface area contributed by atoms with Gasteiger partial charge in [-0.2, -0.15) is 0 Å². The molecule has 0 aliphatic carbocycles. The highest BCUT2D eigenvalue weighted by Crippen LogP contribution is 2.09. The SMILES string of the molecule is C=C(C)C(=O)OCC1CO1.C=C(C)C(=O)OCCCCOC(=O)C(=C)C. The molecule has 0 aromatic heterocycles. The molecule has 26 heavy (non-hydrogen) atoms. The predicted molar refractivity (Wildman–Crippen MR) is 96.3 cm³/mol. The van der Waals surface area contributed by atoms with Crippen LogP contribution in [-0.2, 0) is 33.3 Å². The van der Waals surface area contributed by atoms with E-state index in [0.717, 1.165) is 0 Å². The normalized spacial score (nSPS) is 14.2. The van der Waals surface area contributed by atoms with Gasteiger partial charge >= 0.3 is 17.9 Å². The first-order chi connectivity index (χ1) is 12.1. The molecule has 0 saturated carbocycles. The molecule has 1 heterocycles. The number of rotatable bonds is 10. The van der Waals surface area contributed by atoms with E-state index in [9.17, 15) is 14.4 Å². The summed E-state index contributed by atoms with van der Waals surface area (Å²) in [4.78, 5) is 32.6. The van der Waals surface area contributed by atoms with Crippen LogP contribution in [0.1, 0.15) is 33.6 Å². The first-order valence-electron chi connectivity index (χ1n) is 8.24. The van der Waals surface area contributed by atoms with Crippen LogP contribution in [0.2, 0.25) is 0 Å². The third-order valence-electron chi connectivity index (χ3n) is 2.85. The van der Waals surface area contributed by atoms with Gasteiger partial charge in [0.25, 0.3) is 0 Å². The first kappa shape index (κ1) is 23.6. The highest BCUT2D eigenvalue weighted by atomic mass is 16.6. The summed E-state index contributed by atoms with van der Waals surface area (Å²) < 4.78 is 19.3. The van der Waals surface area contributed by atoms with Crippen LogP contribution in [0.4, 0.5) is 0 Å². The van der Waals surface area contributed by atoms with E-state index < -0.39 is 0 Å². The van der Waals surface area contributed by atoms with E-state index in [-0.39, 0.29) is 24.0 Å². The van der Waals surface area contributed by atoms with Gasteiger partial charge in [-0.05, 0) is 33.6 Å². The monoisotopic (exact) mass is 368 g/mol. The summed E-state index contributed by atoms with van der Waals surface area (Å²) in [6.07, 6.45) is 1.45. The molecule has 1 saturated heterocycles. The van der Waals surface area contributed by atoms with Crippen molar-refractivity contribution in [2.75, 3.05) is 26.4 Å². The fourth-order valence-corrected chi connectivity index (χ4v) is 1.24. The quantitative estimate of drug-likeness (QED) is 0.192. The Balaban J connectivity index is 0.000000531. The van der Waals surface area contributed by atoms with Crippen molar-refractivity contribution in [2.45, 2.75) is 39.7 Å². The van der Waals surface area contributed by atoms with Crippen LogP contribution in [0.25, 0.3) is 0 Å². The molecule has 0 radical (unpaired) electrons. The summed E-state index contributed by atoms with van der Waals surface area (Å²) in [6, 6.07) is 0.